The standard InChI is InChI=1S/C29H36N8O6S/c1-27(2)21(24(39)36-27)35-23(38)20(17-13-44-26(31)34-17)37-43-28(3,25(40)41)19-7-5-14-10-15(4-6-18(14)42-19)22(30)33-16-11-29(12-16)8-9-32-29/h4,6,10,13,16,19,21,32H,5,7-9,11-12H2,1-3H3,(H2,30,33)(H2,31,34)(H,35,38)(H,36,39)(H,40,41)/b37-20-/t16?,19-,21-,28+,29?/m1/s1. The number of aliphatic carboxylic acids is 1. The highest BCUT2D eigenvalue weighted by atomic mass is 32.1. The molecule has 0 unspecified atom stereocenters. The van der Waals surface area contributed by atoms with Crippen LogP contribution in [0, 0.1) is 0 Å². The van der Waals surface area contributed by atoms with E-state index in [1.165, 1.54) is 18.7 Å². The van der Waals surface area contributed by atoms with Crippen molar-refractivity contribution in [1.29, 1.82) is 0 Å². The van der Waals surface area contributed by atoms with Crippen molar-refractivity contribution in [2.24, 2.45) is 15.9 Å². The monoisotopic (exact) mass is 624 g/mol. The van der Waals surface area contributed by atoms with Gasteiger partial charge in [-0.1, -0.05) is 5.16 Å². The van der Waals surface area contributed by atoms with Gasteiger partial charge < -0.3 is 42.1 Å². The number of nitrogens with one attached hydrogen (secondary N) is 3. The number of carbonyl (C=O) groups excluding carboxylic acids is 2. The van der Waals surface area contributed by atoms with Crippen LogP contribution in [0.1, 0.15) is 63.3 Å². The Hall–Kier alpha value is -4.24. The van der Waals surface area contributed by atoms with E-state index in [9.17, 15) is 19.5 Å². The number of rotatable bonds is 9. The van der Waals surface area contributed by atoms with Crippen LogP contribution >= 0.6 is 11.3 Å². The molecule has 3 fully saturated rings. The van der Waals surface area contributed by atoms with Gasteiger partial charge in [-0.25, -0.2) is 9.78 Å². The third-order valence-electron chi connectivity index (χ3n) is 9.03. The number of carboxylic acids is 1. The second kappa shape index (κ2) is 10.7. The molecule has 8 N–H and O–H groups in total. The van der Waals surface area contributed by atoms with E-state index in [-0.39, 0.29) is 34.0 Å². The fourth-order valence-electron chi connectivity index (χ4n) is 6.10. The lowest BCUT2D eigenvalue weighted by Gasteiger charge is -2.53. The molecular formula is C29H36N8O6S. The zero-order valence-electron chi connectivity index (χ0n) is 24.7. The third kappa shape index (κ3) is 5.34. The number of thiazole rings is 1. The molecule has 1 aromatic carbocycles. The number of nitrogens with zero attached hydrogens (tertiary/aromatic N) is 3. The smallest absolute Gasteiger partial charge is 0.354 e. The van der Waals surface area contributed by atoms with Crippen molar-refractivity contribution in [1.82, 2.24) is 20.9 Å². The number of benzene rings is 1. The lowest BCUT2D eigenvalue weighted by Crippen LogP contribution is -2.75. The first-order valence-corrected chi connectivity index (χ1v) is 15.4. The Kier molecular flexibility index (Phi) is 7.27. The fraction of sp³-hybridized carbons (Fsp3) is 0.517. The Bertz CT molecular complexity index is 1570. The number of carbonyl (C=O) groups is 3. The number of β-lactam (4-membered cyclic amide) rings is 1. The van der Waals surface area contributed by atoms with Crippen molar-refractivity contribution in [3.05, 3.63) is 40.4 Å². The van der Waals surface area contributed by atoms with E-state index in [0.717, 1.165) is 41.9 Å². The van der Waals surface area contributed by atoms with Crippen LogP contribution in [-0.4, -0.2) is 80.8 Å². The predicted octanol–water partition coefficient (Wildman–Crippen LogP) is 0.676. The van der Waals surface area contributed by atoms with E-state index in [4.69, 9.17) is 26.0 Å². The van der Waals surface area contributed by atoms with E-state index in [2.05, 4.69) is 26.1 Å². The SMILES string of the molecule is CC1(C)NC(=O)[C@H]1NC(=O)/C(=N\O[C@](C)(C(=O)O)[C@H]1CCc2cc(C(N)=NC3CC4(CCN4)C3)ccc2O1)c1csc(N)n1. The van der Waals surface area contributed by atoms with Gasteiger partial charge in [-0.05, 0) is 83.2 Å². The Balaban J connectivity index is 1.18. The van der Waals surface area contributed by atoms with Crippen LogP contribution in [0.5, 0.6) is 5.75 Å². The van der Waals surface area contributed by atoms with E-state index >= 15 is 0 Å². The molecule has 2 saturated heterocycles. The van der Waals surface area contributed by atoms with Crippen LogP contribution in [0.4, 0.5) is 5.13 Å². The number of anilines is 1. The Labute approximate surface area is 257 Å². The van der Waals surface area contributed by atoms with Crippen LogP contribution in [0.3, 0.4) is 0 Å². The van der Waals surface area contributed by atoms with Crippen molar-refractivity contribution in [2.45, 2.75) is 87.7 Å². The van der Waals surface area contributed by atoms with E-state index in [1.54, 1.807) is 26.0 Å². The topological polar surface area (TPSA) is 216 Å². The van der Waals surface area contributed by atoms with Gasteiger partial charge in [0.2, 0.25) is 5.91 Å². The molecule has 1 aliphatic carbocycles. The Morgan fingerprint density at radius 2 is 2.07 bits per heavy atom. The number of aromatic nitrogens is 1. The molecule has 6 rings (SSSR count). The van der Waals surface area contributed by atoms with Gasteiger partial charge in [0, 0.05) is 16.5 Å². The number of carboxylic acid groups (broad SMARTS) is 1. The third-order valence-corrected chi connectivity index (χ3v) is 9.70. The number of amides is 2. The summed E-state index contributed by atoms with van der Waals surface area (Å²) in [4.78, 5) is 52.4. The van der Waals surface area contributed by atoms with Crippen molar-refractivity contribution in [2.75, 3.05) is 12.3 Å². The number of aryl methyl sites for hydroxylation is 1. The summed E-state index contributed by atoms with van der Waals surface area (Å²) in [6.07, 6.45) is 3.01. The molecule has 1 spiro atoms. The first-order valence-electron chi connectivity index (χ1n) is 14.5. The minimum atomic E-state index is -1.98. The number of hydrogen-bond acceptors (Lipinski definition) is 11. The van der Waals surface area contributed by atoms with E-state index < -0.39 is 35.2 Å². The summed E-state index contributed by atoms with van der Waals surface area (Å²) in [5.41, 5.74) is 11.1. The second-order valence-electron chi connectivity index (χ2n) is 12.6. The molecule has 234 valence electrons. The van der Waals surface area contributed by atoms with Crippen molar-refractivity contribution < 1.29 is 29.1 Å². The molecule has 1 saturated carbocycles. The molecule has 4 heterocycles. The van der Waals surface area contributed by atoms with Crippen molar-refractivity contribution in [3.8, 4) is 5.75 Å². The van der Waals surface area contributed by atoms with Gasteiger partial charge >= 0.3 is 5.97 Å². The maximum atomic E-state index is 13.3. The summed E-state index contributed by atoms with van der Waals surface area (Å²) >= 11 is 1.07. The van der Waals surface area contributed by atoms with Crippen LogP contribution in [0.15, 0.2) is 33.7 Å². The number of ether oxygens (including phenoxy) is 1. The molecule has 4 aliphatic rings. The molecule has 14 nitrogen and oxygen atoms in total. The fourth-order valence-corrected chi connectivity index (χ4v) is 6.65. The summed E-state index contributed by atoms with van der Waals surface area (Å²) in [7, 11) is 0. The minimum absolute atomic E-state index is 0.0815. The summed E-state index contributed by atoms with van der Waals surface area (Å²) in [5, 5.41) is 24.7. The number of amidine groups is 1. The van der Waals surface area contributed by atoms with Crippen LogP contribution < -0.4 is 32.2 Å². The molecule has 1 aromatic heterocycles. The van der Waals surface area contributed by atoms with E-state index in [1.807, 2.05) is 6.07 Å². The lowest BCUT2D eigenvalue weighted by molar-refractivity contribution is -0.178. The van der Waals surface area contributed by atoms with Gasteiger partial charge in [-0.3, -0.25) is 14.6 Å². The highest BCUT2D eigenvalue weighted by Crippen LogP contribution is 2.42. The van der Waals surface area contributed by atoms with Gasteiger partial charge in [0.05, 0.1) is 11.6 Å². The van der Waals surface area contributed by atoms with E-state index in [0.29, 0.717) is 24.4 Å². The maximum absolute atomic E-state index is 13.3. The summed E-state index contributed by atoms with van der Waals surface area (Å²) < 4.78 is 6.14. The minimum Gasteiger partial charge on any atom is -0.485 e. The zero-order chi connectivity index (χ0) is 31.4. The summed E-state index contributed by atoms with van der Waals surface area (Å²) in [6.45, 7) is 5.91. The average molecular weight is 625 g/mol. The highest BCUT2D eigenvalue weighted by molar-refractivity contribution is 7.13. The molecule has 3 atom stereocenters. The largest absolute Gasteiger partial charge is 0.485 e. The van der Waals surface area contributed by atoms with Gasteiger partial charge in [0.1, 0.15) is 23.3 Å². The van der Waals surface area contributed by atoms with Crippen LogP contribution in [0.25, 0.3) is 0 Å². The summed E-state index contributed by atoms with van der Waals surface area (Å²) in [6, 6.07) is 4.86. The van der Waals surface area contributed by atoms with Crippen molar-refractivity contribution in [3.63, 3.8) is 0 Å². The Morgan fingerprint density at radius 3 is 2.66 bits per heavy atom. The predicted molar refractivity (Wildman–Crippen MR) is 163 cm³/mol. The normalized spacial score (nSPS) is 28.6. The van der Waals surface area contributed by atoms with Crippen molar-refractivity contribution >= 4 is 45.8 Å². The maximum Gasteiger partial charge on any atom is 0.354 e. The number of nitrogen functional groups attached to an aromatic ring is 1. The number of oxime groups is 1. The highest BCUT2D eigenvalue weighted by Gasteiger charge is 2.50. The molecule has 3 aliphatic heterocycles. The number of fused-ring (bicyclic) bond motifs is 1. The molecular weight excluding hydrogens is 588 g/mol. The zero-order valence-corrected chi connectivity index (χ0v) is 25.5. The molecule has 2 aromatic rings. The molecule has 2 amide bonds. The first kappa shape index (κ1) is 29.8. The average Bonchev–Trinajstić information content (AvgIpc) is 3.36. The molecule has 15 heteroatoms. The quantitative estimate of drug-likeness (QED) is 0.0992. The van der Waals surface area contributed by atoms with Crippen LogP contribution in [0.2, 0.25) is 0 Å². The number of hydrogen-bond donors (Lipinski definition) is 6. The molecule has 0 radical (unpaired) electrons. The lowest BCUT2D eigenvalue weighted by atomic mass is 9.67. The molecule has 0 bridgehead atoms. The number of aliphatic imine (C=N–C) groups is 1. The molecule has 44 heavy (non-hydrogen) atoms. The summed E-state index contributed by atoms with van der Waals surface area (Å²) in [5.74, 6) is -1.48. The van der Waals surface area contributed by atoms with Gasteiger partial charge in [0.25, 0.3) is 11.5 Å². The van der Waals surface area contributed by atoms with Gasteiger partial charge in [-0.15, -0.1) is 11.3 Å². The van der Waals surface area contributed by atoms with Gasteiger partial charge in [0.15, 0.2) is 16.9 Å². The number of nitrogens with two attached hydrogens (primary N) is 2. The Morgan fingerprint density at radius 1 is 1.32 bits per heavy atom. The first-order chi connectivity index (χ1) is 20.8. The second-order valence-corrected chi connectivity index (χ2v) is 13.5. The van der Waals surface area contributed by atoms with Gasteiger partial charge in [-0.2, -0.15) is 0 Å². The van der Waals surface area contributed by atoms with Crippen LogP contribution in [-0.2, 0) is 25.6 Å².